The zero-order valence-corrected chi connectivity index (χ0v) is 11.8. The topological polar surface area (TPSA) is 72.2 Å². The number of rotatable bonds is 6. The Morgan fingerprint density at radius 1 is 1.50 bits per heavy atom. The van der Waals surface area contributed by atoms with Crippen molar-refractivity contribution in [3.8, 4) is 0 Å². The number of nitrogens with one attached hydrogen (secondary N) is 1. The molecule has 0 aliphatic rings. The number of hydrogen-bond donors (Lipinski definition) is 2. The van der Waals surface area contributed by atoms with Crippen LogP contribution < -0.4 is 11.1 Å². The molecule has 0 heterocycles. The second-order valence-electron chi connectivity index (χ2n) is 4.12. The molecule has 0 saturated heterocycles. The SMILES string of the molecule is CC(CN)CS(=O)CC(=O)Nc1ccccc1Cl. The lowest BCUT2D eigenvalue weighted by atomic mass is 10.2. The van der Waals surface area contributed by atoms with Crippen LogP contribution in [0.25, 0.3) is 0 Å². The molecule has 2 atom stereocenters. The van der Waals surface area contributed by atoms with Crippen LogP contribution in [0.5, 0.6) is 0 Å². The van der Waals surface area contributed by atoms with E-state index in [1.165, 1.54) is 0 Å². The van der Waals surface area contributed by atoms with Crippen molar-refractivity contribution >= 4 is 34.0 Å². The van der Waals surface area contributed by atoms with Crippen molar-refractivity contribution in [2.75, 3.05) is 23.4 Å². The van der Waals surface area contributed by atoms with Crippen LogP contribution >= 0.6 is 11.6 Å². The number of benzene rings is 1. The summed E-state index contributed by atoms with van der Waals surface area (Å²) in [5, 5.41) is 3.10. The summed E-state index contributed by atoms with van der Waals surface area (Å²) in [6.45, 7) is 2.38. The highest BCUT2D eigenvalue weighted by atomic mass is 35.5. The molecule has 0 fully saturated rings. The Balaban J connectivity index is 2.47. The second kappa shape index (κ2) is 7.51. The Kier molecular flexibility index (Phi) is 6.32. The quantitative estimate of drug-likeness (QED) is 0.835. The number of amides is 1. The fourth-order valence-corrected chi connectivity index (χ4v) is 2.78. The molecule has 0 radical (unpaired) electrons. The summed E-state index contributed by atoms with van der Waals surface area (Å²) in [4.78, 5) is 11.7. The van der Waals surface area contributed by atoms with Gasteiger partial charge in [-0.15, -0.1) is 0 Å². The first-order valence-electron chi connectivity index (χ1n) is 5.62. The zero-order valence-electron chi connectivity index (χ0n) is 10.2. The highest BCUT2D eigenvalue weighted by Gasteiger charge is 2.12. The lowest BCUT2D eigenvalue weighted by Crippen LogP contribution is -2.25. The Morgan fingerprint density at radius 2 is 2.17 bits per heavy atom. The summed E-state index contributed by atoms with van der Waals surface area (Å²) in [5.41, 5.74) is 5.98. The maximum atomic E-state index is 11.7. The first-order valence-corrected chi connectivity index (χ1v) is 7.49. The molecule has 1 aromatic carbocycles. The molecule has 0 aromatic heterocycles. The summed E-state index contributed by atoms with van der Waals surface area (Å²) < 4.78 is 11.7. The van der Waals surface area contributed by atoms with Gasteiger partial charge < -0.3 is 11.1 Å². The minimum atomic E-state index is -1.20. The Morgan fingerprint density at radius 3 is 2.78 bits per heavy atom. The minimum Gasteiger partial charge on any atom is -0.330 e. The molecule has 100 valence electrons. The average Bonchev–Trinajstić information content (AvgIpc) is 2.31. The molecule has 1 rings (SSSR count). The average molecular weight is 289 g/mol. The van der Waals surface area contributed by atoms with Crippen LogP contribution in [0, 0.1) is 5.92 Å². The molecular formula is C12H17ClN2O2S. The van der Waals surface area contributed by atoms with Gasteiger partial charge in [0.05, 0.1) is 10.7 Å². The number of hydrogen-bond acceptors (Lipinski definition) is 3. The van der Waals surface area contributed by atoms with E-state index in [0.29, 0.717) is 23.0 Å². The monoisotopic (exact) mass is 288 g/mol. The lowest BCUT2D eigenvalue weighted by molar-refractivity contribution is -0.113. The summed E-state index contributed by atoms with van der Waals surface area (Å²) in [6.07, 6.45) is 0. The van der Waals surface area contributed by atoms with Gasteiger partial charge >= 0.3 is 0 Å². The molecule has 0 aliphatic heterocycles. The van der Waals surface area contributed by atoms with Gasteiger partial charge in [-0.1, -0.05) is 30.7 Å². The fraction of sp³-hybridized carbons (Fsp3) is 0.417. The maximum absolute atomic E-state index is 11.7. The summed E-state index contributed by atoms with van der Waals surface area (Å²) in [5.74, 6) is 0.256. The molecule has 18 heavy (non-hydrogen) atoms. The third kappa shape index (κ3) is 5.16. The van der Waals surface area contributed by atoms with Crippen molar-refractivity contribution in [2.45, 2.75) is 6.92 Å². The lowest BCUT2D eigenvalue weighted by Gasteiger charge is -2.09. The van der Waals surface area contributed by atoms with E-state index in [4.69, 9.17) is 17.3 Å². The summed E-state index contributed by atoms with van der Waals surface area (Å²) in [7, 11) is -1.20. The van der Waals surface area contributed by atoms with E-state index < -0.39 is 10.8 Å². The normalized spacial score (nSPS) is 13.9. The van der Waals surface area contributed by atoms with Gasteiger partial charge in [-0.05, 0) is 24.6 Å². The predicted octanol–water partition coefficient (Wildman–Crippen LogP) is 1.62. The molecule has 0 saturated carbocycles. The van der Waals surface area contributed by atoms with Gasteiger partial charge in [-0.3, -0.25) is 9.00 Å². The molecule has 0 aliphatic carbocycles. The van der Waals surface area contributed by atoms with E-state index in [1.54, 1.807) is 24.3 Å². The molecular weight excluding hydrogens is 272 g/mol. The fourth-order valence-electron chi connectivity index (χ4n) is 1.34. The molecule has 2 unspecified atom stereocenters. The van der Waals surface area contributed by atoms with E-state index >= 15 is 0 Å². The van der Waals surface area contributed by atoms with Crippen LogP contribution in [0.1, 0.15) is 6.92 Å². The largest absolute Gasteiger partial charge is 0.330 e. The van der Waals surface area contributed by atoms with Crippen LogP contribution in [-0.2, 0) is 15.6 Å². The molecule has 0 spiro atoms. The van der Waals surface area contributed by atoms with Crippen LogP contribution in [0.3, 0.4) is 0 Å². The Hall–Kier alpha value is -0.910. The van der Waals surface area contributed by atoms with Crippen LogP contribution in [0.4, 0.5) is 5.69 Å². The zero-order chi connectivity index (χ0) is 13.5. The van der Waals surface area contributed by atoms with Gasteiger partial charge in [0.1, 0.15) is 5.75 Å². The first-order chi connectivity index (χ1) is 8.52. The molecule has 4 nitrogen and oxygen atoms in total. The van der Waals surface area contributed by atoms with Crippen molar-refractivity contribution in [1.29, 1.82) is 0 Å². The maximum Gasteiger partial charge on any atom is 0.237 e. The number of anilines is 1. The number of nitrogens with two attached hydrogens (primary N) is 1. The van der Waals surface area contributed by atoms with Gasteiger partial charge in [0.15, 0.2) is 0 Å². The number of carbonyl (C=O) groups excluding carboxylic acids is 1. The second-order valence-corrected chi connectivity index (χ2v) is 6.03. The molecule has 0 bridgehead atoms. The first kappa shape index (κ1) is 15.1. The molecule has 1 amide bonds. The third-order valence-electron chi connectivity index (χ3n) is 2.31. The predicted molar refractivity (Wildman–Crippen MR) is 76.2 cm³/mol. The summed E-state index contributed by atoms with van der Waals surface area (Å²) in [6, 6.07) is 6.93. The molecule has 1 aromatic rings. The summed E-state index contributed by atoms with van der Waals surface area (Å²) >= 11 is 5.90. The smallest absolute Gasteiger partial charge is 0.237 e. The van der Waals surface area contributed by atoms with E-state index in [0.717, 1.165) is 0 Å². The van der Waals surface area contributed by atoms with Crippen molar-refractivity contribution in [1.82, 2.24) is 0 Å². The van der Waals surface area contributed by atoms with Crippen molar-refractivity contribution in [3.05, 3.63) is 29.3 Å². The van der Waals surface area contributed by atoms with E-state index in [-0.39, 0.29) is 17.6 Å². The molecule has 6 heteroatoms. The number of halogens is 1. The number of carbonyl (C=O) groups is 1. The Labute approximate surface area is 114 Å². The van der Waals surface area contributed by atoms with E-state index in [1.807, 2.05) is 6.92 Å². The highest BCUT2D eigenvalue weighted by Crippen LogP contribution is 2.20. The number of para-hydroxylation sites is 1. The highest BCUT2D eigenvalue weighted by molar-refractivity contribution is 7.85. The van der Waals surface area contributed by atoms with Crippen molar-refractivity contribution < 1.29 is 9.00 Å². The van der Waals surface area contributed by atoms with E-state index in [2.05, 4.69) is 5.32 Å². The van der Waals surface area contributed by atoms with Gasteiger partial charge in [-0.2, -0.15) is 0 Å². The molecule has 3 N–H and O–H groups in total. The van der Waals surface area contributed by atoms with Gasteiger partial charge in [0, 0.05) is 16.6 Å². The van der Waals surface area contributed by atoms with Crippen LogP contribution in [0.2, 0.25) is 5.02 Å². The van der Waals surface area contributed by atoms with Gasteiger partial charge in [-0.25, -0.2) is 0 Å². The van der Waals surface area contributed by atoms with Crippen LogP contribution in [-0.4, -0.2) is 28.2 Å². The Bertz CT molecular complexity index is 440. The van der Waals surface area contributed by atoms with Gasteiger partial charge in [0.2, 0.25) is 5.91 Å². The van der Waals surface area contributed by atoms with Gasteiger partial charge in [0.25, 0.3) is 0 Å². The van der Waals surface area contributed by atoms with Crippen molar-refractivity contribution in [2.24, 2.45) is 11.7 Å². The van der Waals surface area contributed by atoms with Crippen LogP contribution in [0.15, 0.2) is 24.3 Å². The van der Waals surface area contributed by atoms with Crippen molar-refractivity contribution in [3.63, 3.8) is 0 Å². The standard InChI is InChI=1S/C12H17ClN2O2S/c1-9(6-14)7-18(17)8-12(16)15-11-5-3-2-4-10(11)13/h2-5,9H,6-8,14H2,1H3,(H,15,16). The van der Waals surface area contributed by atoms with E-state index in [9.17, 15) is 9.00 Å². The minimum absolute atomic E-state index is 0.0322. The third-order valence-corrected chi connectivity index (χ3v) is 4.17.